The van der Waals surface area contributed by atoms with Crippen molar-refractivity contribution >= 4 is 21.7 Å². The minimum atomic E-state index is -0.0197. The number of halogens is 1. The lowest BCUT2D eigenvalue weighted by molar-refractivity contribution is 0.0156. The van der Waals surface area contributed by atoms with Crippen LogP contribution in [0.25, 0.3) is 0 Å². The number of anilines is 1. The van der Waals surface area contributed by atoms with Gasteiger partial charge in [0.2, 0.25) is 0 Å². The number of aromatic nitrogens is 2. The van der Waals surface area contributed by atoms with Gasteiger partial charge in [0.05, 0.1) is 16.3 Å². The van der Waals surface area contributed by atoms with E-state index < -0.39 is 0 Å². The van der Waals surface area contributed by atoms with Crippen LogP contribution in [-0.2, 0) is 16.6 Å². The highest BCUT2D eigenvalue weighted by atomic mass is 79.9. The number of hydrogen-bond acceptors (Lipinski definition) is 4. The predicted molar refractivity (Wildman–Crippen MR) is 89.9 cm³/mol. The monoisotopic (exact) mass is 355 g/mol. The highest BCUT2D eigenvalue weighted by Crippen LogP contribution is 2.33. The van der Waals surface area contributed by atoms with Crippen LogP contribution in [0.15, 0.2) is 4.47 Å². The topological polar surface area (TPSA) is 47.0 Å². The molecular weight excluding hydrogens is 330 g/mol. The number of rotatable bonds is 4. The van der Waals surface area contributed by atoms with Crippen LogP contribution in [0.4, 0.5) is 5.82 Å². The van der Waals surface area contributed by atoms with E-state index in [4.69, 9.17) is 9.72 Å². The van der Waals surface area contributed by atoms with E-state index in [1.165, 1.54) is 12.8 Å². The molecule has 0 aromatic carbocycles. The van der Waals surface area contributed by atoms with E-state index in [1.54, 1.807) is 0 Å². The van der Waals surface area contributed by atoms with Gasteiger partial charge < -0.3 is 10.1 Å². The van der Waals surface area contributed by atoms with Crippen LogP contribution in [0, 0.1) is 0 Å². The molecule has 1 atom stereocenters. The second-order valence-corrected chi connectivity index (χ2v) is 7.42. The van der Waals surface area contributed by atoms with Crippen LogP contribution >= 0.6 is 15.9 Å². The first-order chi connectivity index (χ1) is 9.91. The minimum Gasteiger partial charge on any atom is -0.378 e. The minimum absolute atomic E-state index is 0.0197. The molecule has 2 heterocycles. The maximum absolute atomic E-state index is 5.83. The van der Waals surface area contributed by atoms with E-state index in [9.17, 15) is 0 Å². The Balaban J connectivity index is 2.29. The highest BCUT2D eigenvalue weighted by Gasteiger charge is 2.24. The van der Waals surface area contributed by atoms with Gasteiger partial charge in [-0.05, 0) is 42.1 Å². The quantitative estimate of drug-likeness (QED) is 0.883. The number of nitrogens with one attached hydrogen (secondary N) is 1. The molecule has 1 unspecified atom stereocenters. The Bertz CT molecular complexity index is 479. The molecule has 1 fully saturated rings. The summed E-state index contributed by atoms with van der Waals surface area (Å²) in [5, 5.41) is 3.33. The van der Waals surface area contributed by atoms with Gasteiger partial charge in [-0.3, -0.25) is 0 Å². The molecule has 1 aromatic rings. The van der Waals surface area contributed by atoms with Crippen LogP contribution in [0.2, 0.25) is 0 Å². The molecule has 1 saturated heterocycles. The fourth-order valence-corrected chi connectivity index (χ4v) is 3.45. The fraction of sp³-hybridized carbons (Fsp3) is 0.750. The van der Waals surface area contributed by atoms with Crippen molar-refractivity contribution in [3.8, 4) is 0 Å². The first-order valence-electron chi connectivity index (χ1n) is 7.84. The molecule has 1 aliphatic rings. The number of nitrogens with zero attached hydrogens (tertiary/aromatic N) is 2. The molecule has 1 aromatic heterocycles. The largest absolute Gasteiger partial charge is 0.378 e. The molecule has 21 heavy (non-hydrogen) atoms. The van der Waals surface area contributed by atoms with Crippen molar-refractivity contribution in [2.75, 3.05) is 18.5 Å². The maximum atomic E-state index is 5.83. The average molecular weight is 356 g/mol. The van der Waals surface area contributed by atoms with Gasteiger partial charge in [-0.25, -0.2) is 9.97 Å². The second kappa shape index (κ2) is 7.05. The first kappa shape index (κ1) is 16.7. The summed E-state index contributed by atoms with van der Waals surface area (Å²) in [5.74, 6) is 1.77. The van der Waals surface area contributed by atoms with Gasteiger partial charge in [0.25, 0.3) is 0 Å². The van der Waals surface area contributed by atoms with Crippen LogP contribution in [0.3, 0.4) is 0 Å². The molecule has 1 aliphatic heterocycles. The van der Waals surface area contributed by atoms with Crippen molar-refractivity contribution in [2.24, 2.45) is 0 Å². The number of ether oxygens (including phenoxy) is 1. The normalized spacial score (nSPS) is 19.6. The summed E-state index contributed by atoms with van der Waals surface area (Å²) in [7, 11) is 0. The summed E-state index contributed by atoms with van der Waals surface area (Å²) < 4.78 is 6.80. The third kappa shape index (κ3) is 4.39. The van der Waals surface area contributed by atoms with Crippen molar-refractivity contribution in [2.45, 2.75) is 64.9 Å². The van der Waals surface area contributed by atoms with Gasteiger partial charge in [0.1, 0.15) is 11.6 Å². The molecule has 5 heteroatoms. The number of hydrogen-bond donors (Lipinski definition) is 1. The van der Waals surface area contributed by atoms with Crippen LogP contribution in [-0.4, -0.2) is 29.2 Å². The molecule has 1 N–H and O–H groups in total. The molecule has 0 spiro atoms. The van der Waals surface area contributed by atoms with Crippen molar-refractivity contribution < 1.29 is 4.74 Å². The highest BCUT2D eigenvalue weighted by molar-refractivity contribution is 9.10. The summed E-state index contributed by atoms with van der Waals surface area (Å²) in [4.78, 5) is 9.48. The summed E-state index contributed by atoms with van der Waals surface area (Å²) in [6.45, 7) is 10.3. The van der Waals surface area contributed by atoms with E-state index in [1.807, 2.05) is 0 Å². The summed E-state index contributed by atoms with van der Waals surface area (Å²) >= 11 is 3.66. The molecule has 0 amide bonds. The third-order valence-corrected chi connectivity index (χ3v) is 4.39. The SMILES string of the molecule is CCNc1nc(CC2CCCCO2)nc(C(C)(C)C)c1Br. The molecule has 2 rings (SSSR count). The van der Waals surface area contributed by atoms with Crippen LogP contribution in [0.1, 0.15) is 58.5 Å². The van der Waals surface area contributed by atoms with Crippen molar-refractivity contribution in [3.05, 3.63) is 16.0 Å². The molecule has 0 radical (unpaired) electrons. The zero-order chi connectivity index (χ0) is 15.5. The average Bonchev–Trinajstić information content (AvgIpc) is 2.42. The van der Waals surface area contributed by atoms with E-state index in [2.05, 4.69) is 53.9 Å². The maximum Gasteiger partial charge on any atom is 0.144 e. The van der Waals surface area contributed by atoms with Crippen molar-refractivity contribution in [1.29, 1.82) is 0 Å². The fourth-order valence-electron chi connectivity index (χ4n) is 2.54. The van der Waals surface area contributed by atoms with Gasteiger partial charge in [-0.15, -0.1) is 0 Å². The van der Waals surface area contributed by atoms with E-state index in [0.717, 1.165) is 47.8 Å². The van der Waals surface area contributed by atoms with Gasteiger partial charge in [-0.1, -0.05) is 20.8 Å². The molecule has 0 aliphatic carbocycles. The Morgan fingerprint density at radius 1 is 1.29 bits per heavy atom. The summed E-state index contributed by atoms with van der Waals surface area (Å²) in [6.07, 6.45) is 4.60. The Morgan fingerprint density at radius 3 is 2.62 bits per heavy atom. The van der Waals surface area contributed by atoms with Crippen LogP contribution in [0.5, 0.6) is 0 Å². The Morgan fingerprint density at radius 2 is 2.05 bits per heavy atom. The lowest BCUT2D eigenvalue weighted by Gasteiger charge is -2.25. The van der Waals surface area contributed by atoms with Crippen LogP contribution < -0.4 is 5.32 Å². The summed E-state index contributed by atoms with van der Waals surface area (Å²) in [6, 6.07) is 0. The lowest BCUT2D eigenvalue weighted by Crippen LogP contribution is -2.24. The lowest BCUT2D eigenvalue weighted by atomic mass is 9.91. The van der Waals surface area contributed by atoms with Gasteiger partial charge in [-0.2, -0.15) is 0 Å². The van der Waals surface area contributed by atoms with Crippen molar-refractivity contribution in [3.63, 3.8) is 0 Å². The predicted octanol–water partition coefficient (Wildman–Crippen LogP) is 4.08. The van der Waals surface area contributed by atoms with E-state index in [0.29, 0.717) is 0 Å². The Hall–Kier alpha value is -0.680. The zero-order valence-electron chi connectivity index (χ0n) is 13.5. The van der Waals surface area contributed by atoms with Crippen molar-refractivity contribution in [1.82, 2.24) is 9.97 Å². The molecule has 4 nitrogen and oxygen atoms in total. The van der Waals surface area contributed by atoms with Gasteiger partial charge in [0, 0.05) is 25.0 Å². The smallest absolute Gasteiger partial charge is 0.144 e. The third-order valence-electron chi connectivity index (χ3n) is 3.64. The Labute approximate surface area is 136 Å². The molecule has 118 valence electrons. The molecule has 0 saturated carbocycles. The van der Waals surface area contributed by atoms with Gasteiger partial charge >= 0.3 is 0 Å². The molecular formula is C16H26BrN3O. The second-order valence-electron chi connectivity index (χ2n) is 6.62. The standard InChI is InChI=1S/C16H26BrN3O/c1-5-18-15-13(17)14(16(2,3)4)19-12(20-15)10-11-8-6-7-9-21-11/h11H,5-10H2,1-4H3,(H,18,19,20). The zero-order valence-corrected chi connectivity index (χ0v) is 15.1. The molecule has 0 bridgehead atoms. The van der Waals surface area contributed by atoms with E-state index in [-0.39, 0.29) is 11.5 Å². The first-order valence-corrected chi connectivity index (χ1v) is 8.63. The Kier molecular flexibility index (Phi) is 5.60. The van der Waals surface area contributed by atoms with Gasteiger partial charge in [0.15, 0.2) is 0 Å². The summed E-state index contributed by atoms with van der Waals surface area (Å²) in [5.41, 5.74) is 1.04. The van der Waals surface area contributed by atoms with E-state index >= 15 is 0 Å².